The molecule has 2 heterocycles. The van der Waals surface area contributed by atoms with Crippen LogP contribution < -0.4 is 21.5 Å². The first-order valence-corrected chi connectivity index (χ1v) is 13.6. The summed E-state index contributed by atoms with van der Waals surface area (Å²) in [4.78, 5) is 32.7. The molecule has 0 saturated heterocycles. The Kier molecular flexibility index (Phi) is 6.99. The van der Waals surface area contributed by atoms with Gasteiger partial charge in [0.15, 0.2) is 16.8 Å². The minimum absolute atomic E-state index is 0.0644. The minimum Gasteiger partial charge on any atom is -0.381 e. The van der Waals surface area contributed by atoms with E-state index in [1.54, 1.807) is 0 Å². The van der Waals surface area contributed by atoms with Gasteiger partial charge in [-0.2, -0.15) is 4.98 Å². The van der Waals surface area contributed by atoms with Crippen molar-refractivity contribution in [3.8, 4) is 0 Å². The Morgan fingerprint density at radius 3 is 2.69 bits per heavy atom. The summed E-state index contributed by atoms with van der Waals surface area (Å²) >= 11 is 1.30. The van der Waals surface area contributed by atoms with Gasteiger partial charge < -0.3 is 5.73 Å². The molecule has 2 aromatic heterocycles. The van der Waals surface area contributed by atoms with Gasteiger partial charge >= 0.3 is 5.69 Å². The van der Waals surface area contributed by atoms with Crippen LogP contribution in [0.4, 0.5) is 15.3 Å². The van der Waals surface area contributed by atoms with E-state index in [4.69, 9.17) is 5.73 Å². The first kappa shape index (κ1) is 25.9. The van der Waals surface area contributed by atoms with Crippen molar-refractivity contribution in [1.29, 1.82) is 0 Å². The van der Waals surface area contributed by atoms with E-state index in [0.717, 1.165) is 16.5 Å². The number of aromatic nitrogens is 3. The number of thiazole rings is 1. The van der Waals surface area contributed by atoms with Crippen LogP contribution in [-0.2, 0) is 15.4 Å². The van der Waals surface area contributed by atoms with Gasteiger partial charge in [0, 0.05) is 34.6 Å². The van der Waals surface area contributed by atoms with Crippen LogP contribution in [0.15, 0.2) is 45.5 Å². The topological polar surface area (TPSA) is 149 Å². The third kappa shape index (κ3) is 5.63. The second kappa shape index (κ2) is 9.71. The molecule has 4 rings (SSSR count). The molecule has 1 aliphatic carbocycles. The summed E-state index contributed by atoms with van der Waals surface area (Å²) in [5.41, 5.74) is 5.51. The molecule has 0 bridgehead atoms. The van der Waals surface area contributed by atoms with Crippen LogP contribution in [0.1, 0.15) is 62.1 Å². The predicted octanol–water partition coefficient (Wildman–Crippen LogP) is 3.04. The number of nitrogens with one attached hydrogen (secondary N) is 2. The lowest BCUT2D eigenvalue weighted by Gasteiger charge is -2.16. The number of carbonyl (C=O) groups is 1. The lowest BCUT2D eigenvalue weighted by molar-refractivity contribution is 0.102. The fourth-order valence-corrected chi connectivity index (χ4v) is 6.23. The molecule has 1 aromatic carbocycles. The maximum atomic E-state index is 13.8. The Bertz CT molecular complexity index is 1460. The van der Waals surface area contributed by atoms with Gasteiger partial charge in [-0.05, 0) is 37.5 Å². The summed E-state index contributed by atoms with van der Waals surface area (Å²) in [5, 5.41) is 5.02. The van der Waals surface area contributed by atoms with Gasteiger partial charge in [-0.25, -0.2) is 27.3 Å². The fourth-order valence-electron chi connectivity index (χ4n) is 3.97. The molecule has 0 radical (unpaired) electrons. The normalized spacial score (nSPS) is 18.3. The summed E-state index contributed by atoms with van der Waals surface area (Å²) in [6.45, 7) is 6.06. The molecule has 192 valence electrons. The second-order valence-corrected chi connectivity index (χ2v) is 12.3. The van der Waals surface area contributed by atoms with E-state index in [0.29, 0.717) is 18.0 Å². The standard InChI is InChI=1S/C23H27FN6O4S2/c1-23(2,3)18-12-35-21(26-18)28-20(31)13-5-4-6-16(9-13)36(33,34)29-14-7-8-15(10-14)30-11-17(24)19(25)27-22(30)32/h4-6,9,11-12,14-15,29H,7-8,10H2,1-3H3,(H2,25,27,32)(H,26,28,31)/t14-,15-/m0/s1. The number of anilines is 2. The van der Waals surface area contributed by atoms with Crippen molar-refractivity contribution in [2.75, 3.05) is 11.1 Å². The molecule has 1 fully saturated rings. The van der Waals surface area contributed by atoms with E-state index >= 15 is 0 Å². The summed E-state index contributed by atoms with van der Waals surface area (Å²) in [6.07, 6.45) is 2.19. The molecular weight excluding hydrogens is 507 g/mol. The zero-order valence-corrected chi connectivity index (χ0v) is 21.6. The molecule has 2 atom stereocenters. The Morgan fingerprint density at radius 2 is 2.00 bits per heavy atom. The molecule has 10 nitrogen and oxygen atoms in total. The monoisotopic (exact) mass is 534 g/mol. The molecule has 4 N–H and O–H groups in total. The number of rotatable bonds is 6. The Hall–Kier alpha value is -3.16. The van der Waals surface area contributed by atoms with Crippen molar-refractivity contribution in [2.45, 2.75) is 62.4 Å². The van der Waals surface area contributed by atoms with Crippen molar-refractivity contribution in [3.63, 3.8) is 0 Å². The largest absolute Gasteiger partial charge is 0.381 e. The highest BCUT2D eigenvalue weighted by atomic mass is 32.2. The van der Waals surface area contributed by atoms with Crippen LogP contribution >= 0.6 is 11.3 Å². The number of hydrogen-bond donors (Lipinski definition) is 3. The van der Waals surface area contributed by atoms with Crippen molar-refractivity contribution < 1.29 is 17.6 Å². The van der Waals surface area contributed by atoms with E-state index in [1.165, 1.54) is 35.6 Å². The molecule has 0 spiro atoms. The van der Waals surface area contributed by atoms with E-state index in [-0.39, 0.29) is 22.3 Å². The molecule has 3 aromatic rings. The van der Waals surface area contributed by atoms with Crippen molar-refractivity contribution in [1.82, 2.24) is 19.3 Å². The van der Waals surface area contributed by atoms with E-state index in [2.05, 4.69) is 20.0 Å². The average Bonchev–Trinajstić information content (AvgIpc) is 3.46. The summed E-state index contributed by atoms with van der Waals surface area (Å²) < 4.78 is 43.6. The maximum absolute atomic E-state index is 13.8. The number of nitrogens with two attached hydrogens (primary N) is 1. The highest BCUT2D eigenvalue weighted by Gasteiger charge is 2.31. The van der Waals surface area contributed by atoms with Crippen molar-refractivity contribution in [2.24, 2.45) is 0 Å². The number of carbonyl (C=O) groups excluding carboxylic acids is 1. The molecule has 0 aliphatic heterocycles. The van der Waals surface area contributed by atoms with Crippen LogP contribution in [0.25, 0.3) is 0 Å². The third-order valence-electron chi connectivity index (χ3n) is 5.95. The number of nitrogen functional groups attached to an aromatic ring is 1. The Labute approximate surface area is 211 Å². The van der Waals surface area contributed by atoms with Crippen LogP contribution in [0.2, 0.25) is 0 Å². The summed E-state index contributed by atoms with van der Waals surface area (Å²) in [5.74, 6) is -1.75. The van der Waals surface area contributed by atoms with Crippen molar-refractivity contribution in [3.05, 3.63) is 63.4 Å². The van der Waals surface area contributed by atoms with Crippen LogP contribution in [0.5, 0.6) is 0 Å². The van der Waals surface area contributed by atoms with Crippen molar-refractivity contribution >= 4 is 38.2 Å². The number of amides is 1. The molecule has 13 heteroatoms. The molecule has 1 saturated carbocycles. The summed E-state index contributed by atoms with van der Waals surface area (Å²) in [6, 6.07) is 4.82. The fraction of sp³-hybridized carbons (Fsp3) is 0.391. The van der Waals surface area contributed by atoms with Gasteiger partial charge in [-0.1, -0.05) is 26.8 Å². The van der Waals surface area contributed by atoms with E-state index in [9.17, 15) is 22.4 Å². The highest BCUT2D eigenvalue weighted by Crippen LogP contribution is 2.30. The van der Waals surface area contributed by atoms with E-state index < -0.39 is 45.3 Å². The zero-order valence-electron chi connectivity index (χ0n) is 20.0. The quantitative estimate of drug-likeness (QED) is 0.440. The van der Waals surface area contributed by atoms with Gasteiger partial charge in [0.2, 0.25) is 10.0 Å². The first-order chi connectivity index (χ1) is 16.8. The minimum atomic E-state index is -3.96. The summed E-state index contributed by atoms with van der Waals surface area (Å²) in [7, 11) is -3.96. The molecular formula is C23H27FN6O4S2. The van der Waals surface area contributed by atoms with Crippen LogP contribution in [0, 0.1) is 5.82 Å². The lowest BCUT2D eigenvalue weighted by atomic mass is 9.93. The number of sulfonamides is 1. The smallest absolute Gasteiger partial charge is 0.349 e. The maximum Gasteiger partial charge on any atom is 0.349 e. The molecule has 1 amide bonds. The van der Waals surface area contributed by atoms with Gasteiger partial charge in [0.1, 0.15) is 0 Å². The van der Waals surface area contributed by atoms with Gasteiger partial charge in [0.25, 0.3) is 5.91 Å². The highest BCUT2D eigenvalue weighted by molar-refractivity contribution is 7.89. The third-order valence-corrected chi connectivity index (χ3v) is 8.23. The van der Waals surface area contributed by atoms with Gasteiger partial charge in [-0.15, -0.1) is 11.3 Å². The van der Waals surface area contributed by atoms with Crippen LogP contribution in [-0.4, -0.2) is 34.9 Å². The Balaban J connectivity index is 1.45. The van der Waals surface area contributed by atoms with Gasteiger partial charge in [-0.3, -0.25) is 14.7 Å². The SMILES string of the molecule is CC(C)(C)c1csc(NC(=O)c2cccc(S(=O)(=O)N[C@H]3CC[C@H](n4cc(F)c(N)nc4=O)C3)c2)n1. The number of benzene rings is 1. The molecule has 0 unspecified atom stereocenters. The van der Waals surface area contributed by atoms with Crippen LogP contribution in [0.3, 0.4) is 0 Å². The average molecular weight is 535 g/mol. The zero-order chi connectivity index (χ0) is 26.3. The first-order valence-electron chi connectivity index (χ1n) is 11.3. The molecule has 1 aliphatic rings. The Morgan fingerprint density at radius 1 is 1.25 bits per heavy atom. The number of hydrogen-bond acceptors (Lipinski definition) is 8. The van der Waals surface area contributed by atoms with E-state index in [1.807, 2.05) is 26.2 Å². The second-order valence-electron chi connectivity index (χ2n) is 9.72. The molecule has 36 heavy (non-hydrogen) atoms. The predicted molar refractivity (Wildman–Crippen MR) is 135 cm³/mol. The van der Waals surface area contributed by atoms with Gasteiger partial charge in [0.05, 0.1) is 10.6 Å². The lowest BCUT2D eigenvalue weighted by Crippen LogP contribution is -2.34. The number of nitrogens with zero attached hydrogens (tertiary/aromatic N) is 3. The number of halogens is 1.